The van der Waals surface area contributed by atoms with Gasteiger partial charge in [0.05, 0.1) is 6.10 Å². The number of ether oxygens (including phenoxy) is 2. The standard InChI is InChI=1S/C11H19NO3/c1-14-8-11(13)12-5-4-10(6-12)15-7-9-2-3-9/h9-10H,2-8H2,1H3. The van der Waals surface area contributed by atoms with Crippen molar-refractivity contribution in [1.29, 1.82) is 0 Å². The van der Waals surface area contributed by atoms with Crippen LogP contribution in [0.2, 0.25) is 0 Å². The molecule has 1 aliphatic carbocycles. The van der Waals surface area contributed by atoms with Gasteiger partial charge in [-0.2, -0.15) is 0 Å². The van der Waals surface area contributed by atoms with Crippen LogP contribution < -0.4 is 0 Å². The third-order valence-electron chi connectivity index (χ3n) is 3.03. The fourth-order valence-electron chi connectivity index (χ4n) is 1.86. The lowest BCUT2D eigenvalue weighted by atomic mass is 10.3. The summed E-state index contributed by atoms with van der Waals surface area (Å²) in [7, 11) is 1.55. The van der Waals surface area contributed by atoms with Gasteiger partial charge in [0.25, 0.3) is 0 Å². The minimum atomic E-state index is 0.0787. The molecule has 1 unspecified atom stereocenters. The van der Waals surface area contributed by atoms with Gasteiger partial charge in [0, 0.05) is 26.8 Å². The summed E-state index contributed by atoms with van der Waals surface area (Å²) in [6, 6.07) is 0. The molecule has 1 aliphatic heterocycles. The van der Waals surface area contributed by atoms with Gasteiger partial charge in [-0.15, -0.1) is 0 Å². The minimum absolute atomic E-state index is 0.0787. The first-order valence-corrected chi connectivity index (χ1v) is 5.68. The van der Waals surface area contributed by atoms with Gasteiger partial charge in [-0.25, -0.2) is 0 Å². The zero-order valence-electron chi connectivity index (χ0n) is 9.28. The average molecular weight is 213 g/mol. The third-order valence-corrected chi connectivity index (χ3v) is 3.03. The highest BCUT2D eigenvalue weighted by Crippen LogP contribution is 2.29. The molecule has 1 amide bonds. The van der Waals surface area contributed by atoms with Crippen molar-refractivity contribution < 1.29 is 14.3 Å². The number of carbonyl (C=O) groups excluding carboxylic acids is 1. The maximum atomic E-state index is 11.5. The maximum Gasteiger partial charge on any atom is 0.248 e. The molecule has 0 N–H and O–H groups in total. The molecule has 0 aromatic carbocycles. The summed E-state index contributed by atoms with van der Waals surface area (Å²) in [4.78, 5) is 13.3. The number of carbonyl (C=O) groups is 1. The van der Waals surface area contributed by atoms with E-state index in [2.05, 4.69) is 0 Å². The summed E-state index contributed by atoms with van der Waals surface area (Å²) in [5.41, 5.74) is 0. The molecule has 2 rings (SSSR count). The van der Waals surface area contributed by atoms with Gasteiger partial charge in [-0.05, 0) is 25.2 Å². The van der Waals surface area contributed by atoms with Crippen LogP contribution in [-0.2, 0) is 14.3 Å². The van der Waals surface area contributed by atoms with Crippen molar-refractivity contribution in [2.75, 3.05) is 33.4 Å². The highest BCUT2D eigenvalue weighted by molar-refractivity contribution is 5.77. The Balaban J connectivity index is 1.66. The van der Waals surface area contributed by atoms with Gasteiger partial charge < -0.3 is 14.4 Å². The van der Waals surface area contributed by atoms with E-state index in [1.165, 1.54) is 12.8 Å². The molecular weight excluding hydrogens is 194 g/mol. The Morgan fingerprint density at radius 3 is 2.87 bits per heavy atom. The quantitative estimate of drug-likeness (QED) is 0.673. The lowest BCUT2D eigenvalue weighted by Crippen LogP contribution is -2.32. The van der Waals surface area contributed by atoms with Gasteiger partial charge in [0.15, 0.2) is 0 Å². The van der Waals surface area contributed by atoms with Crippen molar-refractivity contribution in [2.45, 2.75) is 25.4 Å². The number of amides is 1. The second kappa shape index (κ2) is 4.94. The summed E-state index contributed by atoms with van der Waals surface area (Å²) in [5, 5.41) is 0. The number of hydrogen-bond donors (Lipinski definition) is 0. The van der Waals surface area contributed by atoms with E-state index in [0.717, 1.165) is 32.0 Å². The fourth-order valence-corrected chi connectivity index (χ4v) is 1.86. The summed E-state index contributed by atoms with van der Waals surface area (Å²) in [5.74, 6) is 0.878. The van der Waals surface area contributed by atoms with Crippen LogP contribution >= 0.6 is 0 Å². The summed E-state index contributed by atoms with van der Waals surface area (Å²) in [6.45, 7) is 2.64. The van der Waals surface area contributed by atoms with E-state index in [4.69, 9.17) is 9.47 Å². The van der Waals surface area contributed by atoms with Crippen molar-refractivity contribution in [3.8, 4) is 0 Å². The molecule has 1 atom stereocenters. The Bertz CT molecular complexity index is 228. The molecule has 0 radical (unpaired) electrons. The normalized spacial score (nSPS) is 25.9. The summed E-state index contributed by atoms with van der Waals surface area (Å²) in [6.07, 6.45) is 3.87. The Morgan fingerprint density at radius 2 is 2.20 bits per heavy atom. The van der Waals surface area contributed by atoms with Gasteiger partial charge in [0.1, 0.15) is 6.61 Å². The van der Waals surface area contributed by atoms with Crippen LogP contribution in [0.1, 0.15) is 19.3 Å². The number of rotatable bonds is 5. The van der Waals surface area contributed by atoms with Gasteiger partial charge in [0.2, 0.25) is 5.91 Å². The van der Waals surface area contributed by atoms with E-state index in [1.807, 2.05) is 4.90 Å². The first kappa shape index (κ1) is 10.9. The second-order valence-corrected chi connectivity index (χ2v) is 4.46. The number of nitrogens with zero attached hydrogens (tertiary/aromatic N) is 1. The van der Waals surface area contributed by atoms with Crippen molar-refractivity contribution in [3.05, 3.63) is 0 Å². The van der Waals surface area contributed by atoms with Crippen LogP contribution in [0.25, 0.3) is 0 Å². The Morgan fingerprint density at radius 1 is 1.40 bits per heavy atom. The minimum Gasteiger partial charge on any atom is -0.376 e. The maximum absolute atomic E-state index is 11.5. The molecule has 1 saturated carbocycles. The van der Waals surface area contributed by atoms with Gasteiger partial charge in [-0.1, -0.05) is 0 Å². The molecule has 0 bridgehead atoms. The highest BCUT2D eigenvalue weighted by Gasteiger charge is 2.29. The Labute approximate surface area is 90.5 Å². The third kappa shape index (κ3) is 3.18. The van der Waals surface area contributed by atoms with Crippen LogP contribution in [0.5, 0.6) is 0 Å². The van der Waals surface area contributed by atoms with Crippen LogP contribution in [0.15, 0.2) is 0 Å². The predicted octanol–water partition coefficient (Wildman–Crippen LogP) is 0.660. The average Bonchev–Trinajstić information content (AvgIpc) is 2.93. The largest absolute Gasteiger partial charge is 0.376 e. The zero-order chi connectivity index (χ0) is 10.7. The first-order chi connectivity index (χ1) is 7.29. The lowest BCUT2D eigenvalue weighted by Gasteiger charge is -2.16. The zero-order valence-corrected chi connectivity index (χ0v) is 9.28. The summed E-state index contributed by atoms with van der Waals surface area (Å²) >= 11 is 0. The monoisotopic (exact) mass is 213 g/mol. The van der Waals surface area contributed by atoms with Crippen LogP contribution in [0.3, 0.4) is 0 Å². The first-order valence-electron chi connectivity index (χ1n) is 5.68. The van der Waals surface area contributed by atoms with E-state index >= 15 is 0 Å². The lowest BCUT2D eigenvalue weighted by molar-refractivity contribution is -0.134. The number of likely N-dealkylation sites (tertiary alicyclic amines) is 1. The van der Waals surface area contributed by atoms with E-state index in [0.29, 0.717) is 0 Å². The van der Waals surface area contributed by atoms with Gasteiger partial charge >= 0.3 is 0 Å². The van der Waals surface area contributed by atoms with Gasteiger partial charge in [-0.3, -0.25) is 4.79 Å². The summed E-state index contributed by atoms with van der Waals surface area (Å²) < 4.78 is 10.6. The molecule has 4 nitrogen and oxygen atoms in total. The number of methoxy groups -OCH3 is 1. The molecule has 15 heavy (non-hydrogen) atoms. The van der Waals surface area contributed by atoms with Crippen molar-refractivity contribution >= 4 is 5.91 Å². The van der Waals surface area contributed by atoms with Crippen LogP contribution in [0, 0.1) is 5.92 Å². The molecule has 0 aromatic rings. The smallest absolute Gasteiger partial charge is 0.248 e. The SMILES string of the molecule is COCC(=O)N1CCC(OCC2CC2)C1. The fraction of sp³-hybridized carbons (Fsp3) is 0.909. The molecule has 0 aromatic heterocycles. The van der Waals surface area contributed by atoms with Crippen molar-refractivity contribution in [2.24, 2.45) is 5.92 Å². The number of hydrogen-bond acceptors (Lipinski definition) is 3. The molecule has 1 heterocycles. The van der Waals surface area contributed by atoms with Crippen molar-refractivity contribution in [3.63, 3.8) is 0 Å². The molecular formula is C11H19NO3. The second-order valence-electron chi connectivity index (χ2n) is 4.46. The molecule has 1 saturated heterocycles. The van der Waals surface area contributed by atoms with Crippen LogP contribution in [0.4, 0.5) is 0 Å². The Hall–Kier alpha value is -0.610. The Kier molecular flexibility index (Phi) is 3.59. The van der Waals surface area contributed by atoms with E-state index in [1.54, 1.807) is 7.11 Å². The van der Waals surface area contributed by atoms with E-state index in [-0.39, 0.29) is 18.6 Å². The van der Waals surface area contributed by atoms with E-state index < -0.39 is 0 Å². The molecule has 2 fully saturated rings. The van der Waals surface area contributed by atoms with E-state index in [9.17, 15) is 4.79 Å². The molecule has 4 heteroatoms. The van der Waals surface area contributed by atoms with Crippen LogP contribution in [-0.4, -0.2) is 50.3 Å². The van der Waals surface area contributed by atoms with Crippen molar-refractivity contribution in [1.82, 2.24) is 4.90 Å². The topological polar surface area (TPSA) is 38.8 Å². The highest BCUT2D eigenvalue weighted by atomic mass is 16.5. The predicted molar refractivity (Wildman–Crippen MR) is 55.5 cm³/mol. The molecule has 2 aliphatic rings. The molecule has 0 spiro atoms. The molecule has 86 valence electrons.